The van der Waals surface area contributed by atoms with Crippen LogP contribution in [-0.2, 0) is 4.79 Å². The van der Waals surface area contributed by atoms with E-state index in [0.29, 0.717) is 25.3 Å². The predicted octanol–water partition coefficient (Wildman–Crippen LogP) is 3.28. The van der Waals surface area contributed by atoms with Gasteiger partial charge in [0.15, 0.2) is 0 Å². The second-order valence-electron chi connectivity index (χ2n) is 7.41. The summed E-state index contributed by atoms with van der Waals surface area (Å²) in [6.07, 6.45) is 2.10. The summed E-state index contributed by atoms with van der Waals surface area (Å²) >= 11 is 0. The molecule has 0 aliphatic carbocycles. The molecule has 1 fully saturated rings. The van der Waals surface area contributed by atoms with Crippen molar-refractivity contribution in [2.75, 3.05) is 25.0 Å². The number of rotatable bonds is 6. The summed E-state index contributed by atoms with van der Waals surface area (Å²) in [4.78, 5) is 26.5. The third-order valence-corrected chi connectivity index (χ3v) is 5.13. The molecule has 7 heteroatoms. The number of benzene rings is 2. The van der Waals surface area contributed by atoms with Gasteiger partial charge in [0.25, 0.3) is 0 Å². The molecule has 6 nitrogen and oxygen atoms in total. The van der Waals surface area contributed by atoms with E-state index in [2.05, 4.69) is 10.6 Å². The Morgan fingerprint density at radius 1 is 1.17 bits per heavy atom. The zero-order chi connectivity index (χ0) is 20.6. The van der Waals surface area contributed by atoms with Crippen molar-refractivity contribution in [2.24, 2.45) is 11.7 Å². The van der Waals surface area contributed by atoms with Crippen LogP contribution in [0.2, 0.25) is 0 Å². The summed E-state index contributed by atoms with van der Waals surface area (Å²) < 4.78 is 13.2. The molecule has 29 heavy (non-hydrogen) atoms. The molecule has 3 rings (SSSR count). The van der Waals surface area contributed by atoms with Crippen molar-refractivity contribution < 1.29 is 14.0 Å². The second kappa shape index (κ2) is 10.0. The first kappa shape index (κ1) is 20.8. The smallest absolute Gasteiger partial charge is 0.319 e. The number of urea groups is 1. The molecule has 2 unspecified atom stereocenters. The third kappa shape index (κ3) is 6.29. The van der Waals surface area contributed by atoms with Crippen LogP contribution in [-0.4, -0.2) is 36.5 Å². The Kier molecular flexibility index (Phi) is 7.19. The van der Waals surface area contributed by atoms with Crippen LogP contribution in [0.15, 0.2) is 54.6 Å². The van der Waals surface area contributed by atoms with E-state index in [0.717, 1.165) is 18.4 Å². The Morgan fingerprint density at radius 3 is 2.72 bits per heavy atom. The summed E-state index contributed by atoms with van der Waals surface area (Å²) in [6.45, 7) is 1.77. The number of carbonyl (C=O) groups is 2. The number of nitrogens with zero attached hydrogens (tertiary/aromatic N) is 1. The van der Waals surface area contributed by atoms with E-state index in [1.165, 1.54) is 18.2 Å². The van der Waals surface area contributed by atoms with Gasteiger partial charge in [0, 0.05) is 37.8 Å². The molecule has 2 aromatic carbocycles. The van der Waals surface area contributed by atoms with E-state index in [4.69, 9.17) is 5.73 Å². The van der Waals surface area contributed by atoms with Crippen molar-refractivity contribution >= 4 is 17.6 Å². The number of likely N-dealkylation sites (tertiary alicyclic amines) is 1. The standard InChI is InChI=1S/C22H27FN4O2/c23-18-9-4-10-19(12-18)26-22(29)25-14-16-6-5-11-27(15-16)21(28)13-20(24)17-7-2-1-3-8-17/h1-4,7-10,12,16,20H,5-6,11,13-15,24H2,(H2,25,26,29). The molecule has 2 atom stereocenters. The summed E-state index contributed by atoms with van der Waals surface area (Å²) in [5.41, 5.74) is 7.53. The van der Waals surface area contributed by atoms with Gasteiger partial charge in [-0.2, -0.15) is 0 Å². The van der Waals surface area contributed by atoms with Crippen LogP contribution in [0.5, 0.6) is 0 Å². The highest BCUT2D eigenvalue weighted by atomic mass is 19.1. The molecular formula is C22H27FN4O2. The molecule has 0 aromatic heterocycles. The Balaban J connectivity index is 1.45. The van der Waals surface area contributed by atoms with Crippen LogP contribution < -0.4 is 16.4 Å². The molecule has 2 aromatic rings. The van der Waals surface area contributed by atoms with Gasteiger partial charge in [-0.3, -0.25) is 4.79 Å². The molecule has 0 spiro atoms. The van der Waals surface area contributed by atoms with Gasteiger partial charge >= 0.3 is 6.03 Å². The second-order valence-corrected chi connectivity index (χ2v) is 7.41. The lowest BCUT2D eigenvalue weighted by molar-refractivity contribution is -0.133. The minimum absolute atomic E-state index is 0.0373. The Morgan fingerprint density at radius 2 is 1.97 bits per heavy atom. The number of carbonyl (C=O) groups excluding carboxylic acids is 2. The van der Waals surface area contributed by atoms with Gasteiger partial charge in [-0.1, -0.05) is 36.4 Å². The fourth-order valence-corrected chi connectivity index (χ4v) is 3.57. The maximum Gasteiger partial charge on any atom is 0.319 e. The molecule has 154 valence electrons. The molecule has 0 bridgehead atoms. The maximum atomic E-state index is 13.2. The summed E-state index contributed by atoms with van der Waals surface area (Å²) in [6, 6.07) is 14.6. The van der Waals surface area contributed by atoms with Crippen molar-refractivity contribution in [1.29, 1.82) is 0 Å². The van der Waals surface area contributed by atoms with E-state index >= 15 is 0 Å². The van der Waals surface area contributed by atoms with Crippen molar-refractivity contribution in [3.05, 3.63) is 66.0 Å². The highest BCUT2D eigenvalue weighted by Crippen LogP contribution is 2.20. The highest BCUT2D eigenvalue weighted by Gasteiger charge is 2.25. The lowest BCUT2D eigenvalue weighted by Crippen LogP contribution is -2.44. The number of hydrogen-bond donors (Lipinski definition) is 3. The maximum absolute atomic E-state index is 13.2. The fraction of sp³-hybridized carbons (Fsp3) is 0.364. The number of nitrogens with two attached hydrogens (primary N) is 1. The topological polar surface area (TPSA) is 87.5 Å². The normalized spacial score (nSPS) is 17.4. The molecule has 3 amide bonds. The molecular weight excluding hydrogens is 371 g/mol. The SMILES string of the molecule is NC(CC(=O)N1CCCC(CNC(=O)Nc2cccc(F)c2)C1)c1ccccc1. The third-order valence-electron chi connectivity index (χ3n) is 5.13. The molecule has 1 saturated heterocycles. The van der Waals surface area contributed by atoms with Gasteiger partial charge in [-0.05, 0) is 42.5 Å². The molecule has 0 saturated carbocycles. The van der Waals surface area contributed by atoms with E-state index < -0.39 is 5.82 Å². The largest absolute Gasteiger partial charge is 0.342 e. The summed E-state index contributed by atoms with van der Waals surface area (Å²) in [7, 11) is 0. The number of anilines is 1. The minimum Gasteiger partial charge on any atom is -0.342 e. The van der Waals surface area contributed by atoms with Crippen LogP contribution in [0.4, 0.5) is 14.9 Å². The predicted molar refractivity (Wildman–Crippen MR) is 111 cm³/mol. The zero-order valence-corrected chi connectivity index (χ0v) is 16.3. The lowest BCUT2D eigenvalue weighted by atomic mass is 9.96. The van der Waals surface area contributed by atoms with Gasteiger partial charge in [0.1, 0.15) is 5.82 Å². The first-order valence-electron chi connectivity index (χ1n) is 9.90. The Bertz CT molecular complexity index is 831. The molecule has 1 aliphatic heterocycles. The van der Waals surface area contributed by atoms with Crippen LogP contribution >= 0.6 is 0 Å². The quantitative estimate of drug-likeness (QED) is 0.698. The fourth-order valence-electron chi connectivity index (χ4n) is 3.57. The Labute approximate surface area is 170 Å². The Hall–Kier alpha value is -2.93. The van der Waals surface area contributed by atoms with Crippen molar-refractivity contribution in [2.45, 2.75) is 25.3 Å². The van der Waals surface area contributed by atoms with Crippen LogP contribution in [0, 0.1) is 11.7 Å². The number of halogens is 1. The van der Waals surface area contributed by atoms with Gasteiger partial charge in [0.2, 0.25) is 5.91 Å². The number of hydrogen-bond acceptors (Lipinski definition) is 3. The number of amides is 3. The molecule has 4 N–H and O–H groups in total. The van der Waals surface area contributed by atoms with Crippen molar-refractivity contribution in [3.8, 4) is 0 Å². The van der Waals surface area contributed by atoms with E-state index in [1.807, 2.05) is 35.2 Å². The van der Waals surface area contributed by atoms with Crippen LogP contribution in [0.25, 0.3) is 0 Å². The monoisotopic (exact) mass is 398 g/mol. The van der Waals surface area contributed by atoms with Crippen molar-refractivity contribution in [1.82, 2.24) is 10.2 Å². The van der Waals surface area contributed by atoms with Gasteiger partial charge < -0.3 is 21.3 Å². The summed E-state index contributed by atoms with van der Waals surface area (Å²) in [5.74, 6) is -0.188. The first-order chi connectivity index (χ1) is 14.0. The number of nitrogens with one attached hydrogen (secondary N) is 2. The van der Waals surface area contributed by atoms with E-state index in [-0.39, 0.29) is 30.3 Å². The molecule has 1 heterocycles. The van der Waals surface area contributed by atoms with Crippen molar-refractivity contribution in [3.63, 3.8) is 0 Å². The first-order valence-corrected chi connectivity index (χ1v) is 9.90. The molecule has 0 radical (unpaired) electrons. The average molecular weight is 398 g/mol. The highest BCUT2D eigenvalue weighted by molar-refractivity contribution is 5.89. The average Bonchev–Trinajstić information content (AvgIpc) is 2.73. The van der Waals surface area contributed by atoms with E-state index in [9.17, 15) is 14.0 Å². The minimum atomic E-state index is -0.405. The van der Waals surface area contributed by atoms with Gasteiger partial charge in [-0.25, -0.2) is 9.18 Å². The zero-order valence-electron chi connectivity index (χ0n) is 16.3. The lowest BCUT2D eigenvalue weighted by Gasteiger charge is -2.33. The molecule has 1 aliphatic rings. The van der Waals surface area contributed by atoms with Crippen LogP contribution in [0.3, 0.4) is 0 Å². The van der Waals surface area contributed by atoms with Crippen LogP contribution in [0.1, 0.15) is 30.9 Å². The van der Waals surface area contributed by atoms with E-state index in [1.54, 1.807) is 6.07 Å². The van der Waals surface area contributed by atoms with Gasteiger partial charge in [-0.15, -0.1) is 0 Å². The number of piperidine rings is 1. The summed E-state index contributed by atoms with van der Waals surface area (Å²) in [5, 5.41) is 5.42. The van der Waals surface area contributed by atoms with Gasteiger partial charge in [0.05, 0.1) is 0 Å².